The number of hydrogen-bond acceptors (Lipinski definition) is 7. The zero-order valence-corrected chi connectivity index (χ0v) is 19.5. The molecule has 0 bridgehead atoms. The molecule has 1 fully saturated rings. The van der Waals surface area contributed by atoms with Crippen LogP contribution in [0.5, 0.6) is 17.2 Å². The number of H-pyrrole nitrogens is 1. The van der Waals surface area contributed by atoms with Crippen molar-refractivity contribution >= 4 is 29.1 Å². The van der Waals surface area contributed by atoms with Gasteiger partial charge in [0, 0.05) is 17.3 Å². The molecular weight excluding hydrogens is 456 g/mol. The number of ether oxygens (including phenoxy) is 1. The minimum Gasteiger partial charge on any atom is -0.507 e. The van der Waals surface area contributed by atoms with Gasteiger partial charge in [-0.05, 0) is 72.4 Å². The number of anilines is 2. The number of carbonyl (C=O) groups excluding carboxylic acids is 1. The molecule has 0 radical (unpaired) electrons. The van der Waals surface area contributed by atoms with Gasteiger partial charge in [-0.1, -0.05) is 42.4 Å². The number of amides is 1. The Labute approximate surface area is 202 Å². The summed E-state index contributed by atoms with van der Waals surface area (Å²) in [6, 6.07) is 6.63. The van der Waals surface area contributed by atoms with E-state index < -0.39 is 0 Å². The van der Waals surface area contributed by atoms with E-state index in [9.17, 15) is 9.90 Å². The van der Waals surface area contributed by atoms with E-state index in [0.29, 0.717) is 22.5 Å². The third-order valence-corrected chi connectivity index (χ3v) is 6.81. The average molecular weight is 483 g/mol. The third kappa shape index (κ3) is 4.79. The number of rotatable bonds is 6. The van der Waals surface area contributed by atoms with Crippen LogP contribution >= 0.6 is 11.6 Å². The van der Waals surface area contributed by atoms with E-state index >= 15 is 0 Å². The van der Waals surface area contributed by atoms with Crippen LogP contribution in [0.25, 0.3) is 0 Å². The summed E-state index contributed by atoms with van der Waals surface area (Å²) in [5, 5.41) is 30.8. The van der Waals surface area contributed by atoms with Crippen LogP contribution < -0.4 is 15.4 Å². The van der Waals surface area contributed by atoms with Gasteiger partial charge in [-0.3, -0.25) is 4.79 Å². The highest BCUT2D eigenvalue weighted by atomic mass is 35.5. The van der Waals surface area contributed by atoms with Gasteiger partial charge < -0.3 is 20.5 Å². The van der Waals surface area contributed by atoms with Gasteiger partial charge in [-0.25, -0.2) is 5.10 Å². The minimum atomic E-state index is -0.286. The van der Waals surface area contributed by atoms with Crippen molar-refractivity contribution < 1.29 is 14.6 Å². The van der Waals surface area contributed by atoms with Gasteiger partial charge in [0.05, 0.1) is 10.6 Å². The molecule has 1 amide bonds. The largest absolute Gasteiger partial charge is 0.507 e. The first-order valence-corrected chi connectivity index (χ1v) is 12.1. The molecule has 2 aromatic carbocycles. The highest BCUT2D eigenvalue weighted by Gasteiger charge is 2.25. The van der Waals surface area contributed by atoms with E-state index in [2.05, 4.69) is 31.3 Å². The minimum absolute atomic E-state index is 0.0741. The molecule has 10 heteroatoms. The Morgan fingerprint density at radius 3 is 2.65 bits per heavy atom. The smallest absolute Gasteiger partial charge is 0.255 e. The molecule has 34 heavy (non-hydrogen) atoms. The summed E-state index contributed by atoms with van der Waals surface area (Å²) in [6.45, 7) is 0. The number of halogens is 1. The van der Waals surface area contributed by atoms with Crippen molar-refractivity contribution in [1.82, 2.24) is 25.9 Å². The Hall–Kier alpha value is -3.33. The second-order valence-corrected chi connectivity index (χ2v) is 9.27. The fourth-order valence-electron chi connectivity index (χ4n) is 4.84. The maximum absolute atomic E-state index is 12.9. The Morgan fingerprint density at radius 2 is 1.88 bits per heavy atom. The SMILES string of the molecule is O=C(NC1CCCCCC1)c1cc(Oc2c(Cl)cc(Nc3nnn[nH]3)c3c2CCC3)ccc1O. The fourth-order valence-corrected chi connectivity index (χ4v) is 5.10. The van der Waals surface area contributed by atoms with Crippen LogP contribution in [0.4, 0.5) is 11.6 Å². The van der Waals surface area contributed by atoms with E-state index in [0.717, 1.165) is 61.8 Å². The van der Waals surface area contributed by atoms with E-state index in [1.807, 2.05) is 0 Å². The van der Waals surface area contributed by atoms with Gasteiger partial charge in [-0.2, -0.15) is 0 Å². The topological polar surface area (TPSA) is 125 Å². The van der Waals surface area contributed by atoms with Gasteiger partial charge in [0.2, 0.25) is 5.95 Å². The van der Waals surface area contributed by atoms with Gasteiger partial charge in [0.25, 0.3) is 5.91 Å². The summed E-state index contributed by atoms with van der Waals surface area (Å²) in [6.07, 6.45) is 9.23. The van der Waals surface area contributed by atoms with Crippen LogP contribution in [0, 0.1) is 0 Å². The van der Waals surface area contributed by atoms with Crippen molar-refractivity contribution in [2.45, 2.75) is 63.8 Å². The molecule has 1 heterocycles. The molecule has 0 spiro atoms. The lowest BCUT2D eigenvalue weighted by Crippen LogP contribution is -2.34. The Bertz CT molecular complexity index is 1180. The maximum atomic E-state index is 12.9. The number of hydrogen-bond donors (Lipinski definition) is 4. The molecule has 2 aliphatic carbocycles. The van der Waals surface area contributed by atoms with Crippen molar-refractivity contribution in [1.29, 1.82) is 0 Å². The van der Waals surface area contributed by atoms with E-state index in [-0.39, 0.29) is 23.3 Å². The predicted molar refractivity (Wildman–Crippen MR) is 128 cm³/mol. The molecule has 9 nitrogen and oxygen atoms in total. The number of tetrazole rings is 1. The summed E-state index contributed by atoms with van der Waals surface area (Å²) in [4.78, 5) is 12.9. The molecule has 0 unspecified atom stereocenters. The van der Waals surface area contributed by atoms with Crippen LogP contribution in [0.2, 0.25) is 5.02 Å². The summed E-state index contributed by atoms with van der Waals surface area (Å²) in [7, 11) is 0. The number of aromatic hydroxyl groups is 1. The Kier molecular flexibility index (Phi) is 6.53. The van der Waals surface area contributed by atoms with E-state index in [1.165, 1.54) is 18.9 Å². The second kappa shape index (κ2) is 9.89. The molecule has 0 atom stereocenters. The number of phenols is 1. The second-order valence-electron chi connectivity index (χ2n) is 8.86. The molecule has 178 valence electrons. The van der Waals surface area contributed by atoms with Crippen molar-refractivity contribution in [2.24, 2.45) is 0 Å². The number of aromatic amines is 1. The molecule has 1 aromatic heterocycles. The van der Waals surface area contributed by atoms with Crippen molar-refractivity contribution in [2.75, 3.05) is 5.32 Å². The van der Waals surface area contributed by atoms with Crippen molar-refractivity contribution in [3.8, 4) is 17.2 Å². The first kappa shape index (κ1) is 22.5. The molecule has 1 saturated carbocycles. The highest BCUT2D eigenvalue weighted by Crippen LogP contribution is 2.44. The average Bonchev–Trinajstić information content (AvgIpc) is 3.46. The highest BCUT2D eigenvalue weighted by molar-refractivity contribution is 6.32. The summed E-state index contributed by atoms with van der Waals surface area (Å²) >= 11 is 6.63. The molecule has 4 N–H and O–H groups in total. The van der Waals surface area contributed by atoms with Gasteiger partial charge in [0.1, 0.15) is 17.2 Å². The van der Waals surface area contributed by atoms with Crippen LogP contribution in [0.15, 0.2) is 24.3 Å². The van der Waals surface area contributed by atoms with Gasteiger partial charge in [-0.15, -0.1) is 0 Å². The zero-order valence-electron chi connectivity index (χ0n) is 18.7. The van der Waals surface area contributed by atoms with Gasteiger partial charge >= 0.3 is 0 Å². The number of phenolic OH excluding ortho intramolecular Hbond substituents is 1. The maximum Gasteiger partial charge on any atom is 0.255 e. The predicted octanol–water partition coefficient (Wildman–Crippen LogP) is 5.04. The third-order valence-electron chi connectivity index (χ3n) is 6.53. The molecule has 0 aliphatic heterocycles. The van der Waals surface area contributed by atoms with Crippen molar-refractivity contribution in [3.63, 3.8) is 0 Å². The molecular formula is C24H27ClN6O3. The first-order chi connectivity index (χ1) is 16.6. The molecule has 0 saturated heterocycles. The molecule has 3 aromatic rings. The van der Waals surface area contributed by atoms with Crippen LogP contribution in [-0.4, -0.2) is 37.7 Å². The lowest BCUT2D eigenvalue weighted by atomic mass is 10.1. The van der Waals surface area contributed by atoms with Crippen LogP contribution in [0.1, 0.15) is 66.4 Å². The van der Waals surface area contributed by atoms with Crippen LogP contribution in [0.3, 0.4) is 0 Å². The fraction of sp³-hybridized carbons (Fsp3) is 0.417. The Balaban J connectivity index is 1.38. The number of nitrogens with zero attached hydrogens (tertiary/aromatic N) is 3. The monoisotopic (exact) mass is 482 g/mol. The number of aromatic nitrogens is 4. The summed E-state index contributed by atoms with van der Waals surface area (Å²) < 4.78 is 6.20. The molecule has 5 rings (SSSR count). The molecule has 2 aliphatic rings. The number of fused-ring (bicyclic) bond motifs is 1. The number of carbonyl (C=O) groups is 1. The number of nitrogens with one attached hydrogen (secondary N) is 3. The quantitative estimate of drug-likeness (QED) is 0.363. The Morgan fingerprint density at radius 1 is 1.09 bits per heavy atom. The summed E-state index contributed by atoms with van der Waals surface area (Å²) in [5.41, 5.74) is 3.14. The van der Waals surface area contributed by atoms with Crippen molar-refractivity contribution in [3.05, 3.63) is 46.0 Å². The first-order valence-electron chi connectivity index (χ1n) is 11.7. The van der Waals surface area contributed by atoms with E-state index in [4.69, 9.17) is 16.3 Å². The van der Waals surface area contributed by atoms with Gasteiger partial charge in [0.15, 0.2) is 0 Å². The lowest BCUT2D eigenvalue weighted by molar-refractivity contribution is 0.0930. The standard InChI is InChI=1S/C24H27ClN6O3/c25-19-13-20(27-24-28-30-31-29-24)16-8-5-9-17(16)22(19)34-15-10-11-21(32)18(12-15)23(33)26-14-6-3-1-2-4-7-14/h10-14,32H,1-9H2,(H,26,33)(H2,27,28,29,30,31). The summed E-state index contributed by atoms with van der Waals surface area (Å²) in [5.74, 6) is 1.08. The zero-order chi connectivity index (χ0) is 23.5. The lowest BCUT2D eigenvalue weighted by Gasteiger charge is -2.18. The van der Waals surface area contributed by atoms with Crippen LogP contribution in [-0.2, 0) is 12.8 Å². The van der Waals surface area contributed by atoms with E-state index in [1.54, 1.807) is 18.2 Å². The number of benzene rings is 2. The normalized spacial score (nSPS) is 16.0.